The number of rotatable bonds is 11. The van der Waals surface area contributed by atoms with Gasteiger partial charge in [0.15, 0.2) is 0 Å². The summed E-state index contributed by atoms with van der Waals surface area (Å²) in [5.41, 5.74) is 3.62. The standard InChI is InChI=1S/C31H38ClN3O4S/c1-7-24(5)33-31(37)25(6)34(19-26-9-8-10-27(32)18-26)30(36)20-35(29-17-22(3)11-14-23(29)4)40(38,39)28-15-12-21(2)13-16-28/h8-18,24-25H,7,19-20H2,1-6H3,(H,33,37). The summed E-state index contributed by atoms with van der Waals surface area (Å²) in [6.07, 6.45) is 0.732. The third-order valence-corrected chi connectivity index (χ3v) is 8.94. The van der Waals surface area contributed by atoms with Crippen molar-refractivity contribution in [3.63, 3.8) is 0 Å². The van der Waals surface area contributed by atoms with E-state index in [0.29, 0.717) is 16.3 Å². The molecule has 0 saturated carbocycles. The van der Waals surface area contributed by atoms with Gasteiger partial charge in [0.1, 0.15) is 12.6 Å². The Morgan fingerprint density at radius 2 is 1.57 bits per heavy atom. The Morgan fingerprint density at radius 3 is 2.20 bits per heavy atom. The van der Waals surface area contributed by atoms with E-state index in [1.54, 1.807) is 55.5 Å². The molecule has 2 atom stereocenters. The van der Waals surface area contributed by atoms with Gasteiger partial charge in [0.2, 0.25) is 11.8 Å². The van der Waals surface area contributed by atoms with Crippen molar-refractivity contribution in [2.75, 3.05) is 10.8 Å². The zero-order valence-corrected chi connectivity index (χ0v) is 25.5. The minimum Gasteiger partial charge on any atom is -0.352 e. The van der Waals surface area contributed by atoms with Crippen molar-refractivity contribution in [3.05, 3.63) is 94.0 Å². The maximum absolute atomic E-state index is 14.1. The fourth-order valence-electron chi connectivity index (χ4n) is 4.22. The summed E-state index contributed by atoms with van der Waals surface area (Å²) in [4.78, 5) is 28.7. The molecule has 0 saturated heterocycles. The summed E-state index contributed by atoms with van der Waals surface area (Å²) in [6.45, 7) is 10.7. The number of sulfonamides is 1. The molecule has 0 radical (unpaired) electrons. The molecular formula is C31H38ClN3O4S. The lowest BCUT2D eigenvalue weighted by molar-refractivity contribution is -0.139. The molecule has 0 aromatic heterocycles. The Balaban J connectivity index is 2.07. The van der Waals surface area contributed by atoms with Gasteiger partial charge >= 0.3 is 0 Å². The number of hydrogen-bond donors (Lipinski definition) is 1. The van der Waals surface area contributed by atoms with Crippen LogP contribution in [0, 0.1) is 20.8 Å². The summed E-state index contributed by atoms with van der Waals surface area (Å²) >= 11 is 6.20. The molecule has 0 aliphatic carbocycles. The van der Waals surface area contributed by atoms with Crippen molar-refractivity contribution in [2.24, 2.45) is 0 Å². The number of anilines is 1. The highest BCUT2D eigenvalue weighted by Gasteiger charge is 2.33. The van der Waals surface area contributed by atoms with E-state index in [-0.39, 0.29) is 23.4 Å². The number of benzene rings is 3. The van der Waals surface area contributed by atoms with E-state index >= 15 is 0 Å². The number of aryl methyl sites for hydroxylation is 3. The van der Waals surface area contributed by atoms with Gasteiger partial charge in [-0.2, -0.15) is 0 Å². The van der Waals surface area contributed by atoms with Gasteiger partial charge < -0.3 is 10.2 Å². The number of carbonyl (C=O) groups excluding carboxylic acids is 2. The van der Waals surface area contributed by atoms with Crippen molar-refractivity contribution >= 4 is 39.1 Å². The minimum absolute atomic E-state index is 0.0774. The molecular weight excluding hydrogens is 546 g/mol. The van der Waals surface area contributed by atoms with Crippen LogP contribution in [0.15, 0.2) is 71.6 Å². The lowest BCUT2D eigenvalue weighted by Gasteiger charge is -2.33. The molecule has 0 heterocycles. The Kier molecular flexibility index (Phi) is 10.4. The van der Waals surface area contributed by atoms with Gasteiger partial charge in [-0.1, -0.05) is 60.5 Å². The van der Waals surface area contributed by atoms with Gasteiger partial charge in [0, 0.05) is 17.6 Å². The highest BCUT2D eigenvalue weighted by molar-refractivity contribution is 7.92. The van der Waals surface area contributed by atoms with E-state index in [1.807, 2.05) is 52.8 Å². The third kappa shape index (κ3) is 7.64. The second-order valence-electron chi connectivity index (χ2n) is 10.3. The third-order valence-electron chi connectivity index (χ3n) is 6.93. The minimum atomic E-state index is -4.12. The van der Waals surface area contributed by atoms with Crippen LogP contribution in [0.4, 0.5) is 5.69 Å². The van der Waals surface area contributed by atoms with E-state index < -0.39 is 28.5 Å². The molecule has 2 amide bonds. The normalized spacial score (nSPS) is 12.9. The molecule has 0 aliphatic rings. The van der Waals surface area contributed by atoms with Gasteiger partial charge in [-0.3, -0.25) is 13.9 Å². The van der Waals surface area contributed by atoms with E-state index in [2.05, 4.69) is 5.32 Å². The number of nitrogens with zero attached hydrogens (tertiary/aromatic N) is 2. The SMILES string of the molecule is CCC(C)NC(=O)C(C)N(Cc1cccc(Cl)c1)C(=O)CN(c1cc(C)ccc1C)S(=O)(=O)c1ccc(C)cc1. The van der Waals surface area contributed by atoms with Crippen LogP contribution in [0.1, 0.15) is 49.4 Å². The van der Waals surface area contributed by atoms with Crippen LogP contribution in [-0.4, -0.2) is 43.8 Å². The van der Waals surface area contributed by atoms with E-state index in [0.717, 1.165) is 27.4 Å². The molecule has 7 nitrogen and oxygen atoms in total. The van der Waals surface area contributed by atoms with Crippen LogP contribution in [0.25, 0.3) is 0 Å². The molecule has 3 aromatic rings. The zero-order valence-electron chi connectivity index (χ0n) is 23.9. The monoisotopic (exact) mass is 583 g/mol. The molecule has 1 N–H and O–H groups in total. The van der Waals surface area contributed by atoms with Crippen LogP contribution in [0.3, 0.4) is 0 Å². The summed E-state index contributed by atoms with van der Waals surface area (Å²) in [6, 6.07) is 18.1. The van der Waals surface area contributed by atoms with Crippen molar-refractivity contribution in [3.8, 4) is 0 Å². The van der Waals surface area contributed by atoms with Crippen LogP contribution in [0.2, 0.25) is 5.02 Å². The van der Waals surface area contributed by atoms with Crippen molar-refractivity contribution < 1.29 is 18.0 Å². The first-order valence-corrected chi connectivity index (χ1v) is 15.2. The van der Waals surface area contributed by atoms with Crippen LogP contribution in [-0.2, 0) is 26.2 Å². The molecule has 0 aliphatic heterocycles. The molecule has 3 aromatic carbocycles. The van der Waals surface area contributed by atoms with Crippen molar-refractivity contribution in [2.45, 2.75) is 71.5 Å². The maximum Gasteiger partial charge on any atom is 0.264 e. The highest BCUT2D eigenvalue weighted by atomic mass is 35.5. The van der Waals surface area contributed by atoms with Crippen LogP contribution in [0.5, 0.6) is 0 Å². The molecule has 3 rings (SSSR count). The zero-order chi connectivity index (χ0) is 29.6. The average Bonchev–Trinajstić information content (AvgIpc) is 2.91. The summed E-state index contributed by atoms with van der Waals surface area (Å²) in [5, 5.41) is 3.43. The predicted octanol–water partition coefficient (Wildman–Crippen LogP) is 5.79. The largest absolute Gasteiger partial charge is 0.352 e. The molecule has 2 unspecified atom stereocenters. The second-order valence-corrected chi connectivity index (χ2v) is 12.6. The molecule has 0 fully saturated rings. The molecule has 0 spiro atoms. The molecule has 214 valence electrons. The van der Waals surface area contributed by atoms with Crippen molar-refractivity contribution in [1.82, 2.24) is 10.2 Å². The van der Waals surface area contributed by atoms with Gasteiger partial charge in [0.25, 0.3) is 10.0 Å². The molecule has 40 heavy (non-hydrogen) atoms. The molecule has 9 heteroatoms. The first kappa shape index (κ1) is 31.2. The number of nitrogens with one attached hydrogen (secondary N) is 1. The van der Waals surface area contributed by atoms with Crippen LogP contribution >= 0.6 is 11.6 Å². The first-order valence-electron chi connectivity index (χ1n) is 13.3. The summed E-state index contributed by atoms with van der Waals surface area (Å²) in [7, 11) is -4.12. The number of halogens is 1. The maximum atomic E-state index is 14.1. The smallest absolute Gasteiger partial charge is 0.264 e. The Labute approximate surface area is 243 Å². The van der Waals surface area contributed by atoms with E-state index in [1.165, 1.54) is 4.90 Å². The summed E-state index contributed by atoms with van der Waals surface area (Å²) in [5.74, 6) is -0.826. The Morgan fingerprint density at radius 1 is 0.925 bits per heavy atom. The average molecular weight is 584 g/mol. The fourth-order valence-corrected chi connectivity index (χ4v) is 5.90. The Bertz CT molecular complexity index is 1460. The van der Waals surface area contributed by atoms with Crippen LogP contribution < -0.4 is 9.62 Å². The van der Waals surface area contributed by atoms with Crippen molar-refractivity contribution in [1.29, 1.82) is 0 Å². The first-order chi connectivity index (χ1) is 18.8. The van der Waals surface area contributed by atoms with Gasteiger partial charge in [-0.05, 0) is 88.1 Å². The Hall–Kier alpha value is -3.36. The van der Waals surface area contributed by atoms with Gasteiger partial charge in [-0.25, -0.2) is 8.42 Å². The topological polar surface area (TPSA) is 86.8 Å². The fraction of sp³-hybridized carbons (Fsp3) is 0.355. The summed E-state index contributed by atoms with van der Waals surface area (Å²) < 4.78 is 29.2. The lowest BCUT2D eigenvalue weighted by atomic mass is 10.1. The lowest BCUT2D eigenvalue weighted by Crippen LogP contribution is -2.52. The predicted molar refractivity (Wildman–Crippen MR) is 161 cm³/mol. The van der Waals surface area contributed by atoms with Gasteiger partial charge in [-0.15, -0.1) is 0 Å². The highest BCUT2D eigenvalue weighted by Crippen LogP contribution is 2.29. The van der Waals surface area contributed by atoms with Gasteiger partial charge in [0.05, 0.1) is 10.6 Å². The molecule has 0 bridgehead atoms. The number of carbonyl (C=O) groups is 2. The second kappa shape index (κ2) is 13.3. The quantitative estimate of drug-likeness (QED) is 0.309. The number of hydrogen-bond acceptors (Lipinski definition) is 4. The van der Waals surface area contributed by atoms with E-state index in [4.69, 9.17) is 11.6 Å². The van der Waals surface area contributed by atoms with E-state index in [9.17, 15) is 18.0 Å². The number of amides is 2.